The minimum atomic E-state index is 0.753. The SMILES string of the molecule is C/C(=C\Cl)CS. The molecule has 0 unspecified atom stereocenters. The monoisotopic (exact) mass is 122 g/mol. The van der Waals surface area contributed by atoms with Gasteiger partial charge >= 0.3 is 0 Å². The van der Waals surface area contributed by atoms with E-state index in [-0.39, 0.29) is 0 Å². The van der Waals surface area contributed by atoms with Crippen LogP contribution in [-0.2, 0) is 0 Å². The summed E-state index contributed by atoms with van der Waals surface area (Å²) in [6.07, 6.45) is 0. The summed E-state index contributed by atoms with van der Waals surface area (Å²) in [6, 6.07) is 0. The van der Waals surface area contributed by atoms with Gasteiger partial charge in [0.25, 0.3) is 0 Å². The van der Waals surface area contributed by atoms with Gasteiger partial charge in [-0.15, -0.1) is 0 Å². The molecule has 0 aromatic rings. The third-order valence-electron chi connectivity index (χ3n) is 0.436. The van der Waals surface area contributed by atoms with Crippen LogP contribution in [0.5, 0.6) is 0 Å². The van der Waals surface area contributed by atoms with E-state index in [0.29, 0.717) is 0 Å². The molecule has 0 aromatic heterocycles. The number of halogens is 1. The summed E-state index contributed by atoms with van der Waals surface area (Å²) in [4.78, 5) is 0. The Bertz CT molecular complexity index is 58.6. The quantitative estimate of drug-likeness (QED) is 0.506. The van der Waals surface area contributed by atoms with Gasteiger partial charge in [0.2, 0.25) is 0 Å². The number of rotatable bonds is 1. The highest BCUT2D eigenvalue weighted by molar-refractivity contribution is 7.80. The molecule has 0 heterocycles. The van der Waals surface area contributed by atoms with Gasteiger partial charge in [-0.25, -0.2) is 0 Å². The van der Waals surface area contributed by atoms with E-state index in [4.69, 9.17) is 11.6 Å². The molecule has 0 radical (unpaired) electrons. The molecule has 0 bridgehead atoms. The molecule has 0 aromatic carbocycles. The maximum atomic E-state index is 5.24. The van der Waals surface area contributed by atoms with Crippen LogP contribution in [-0.4, -0.2) is 5.75 Å². The Morgan fingerprint density at radius 3 is 2.50 bits per heavy atom. The Balaban J connectivity index is 3.22. The van der Waals surface area contributed by atoms with Crippen LogP contribution in [0.25, 0.3) is 0 Å². The molecule has 0 rings (SSSR count). The molecule has 0 saturated heterocycles. The smallest absolute Gasteiger partial charge is 0.0121 e. The van der Waals surface area contributed by atoms with Crippen molar-refractivity contribution in [2.24, 2.45) is 0 Å². The van der Waals surface area contributed by atoms with E-state index in [2.05, 4.69) is 12.6 Å². The van der Waals surface area contributed by atoms with Crippen molar-refractivity contribution in [2.75, 3.05) is 5.75 Å². The van der Waals surface area contributed by atoms with Gasteiger partial charge in [-0.1, -0.05) is 17.2 Å². The molecule has 0 fully saturated rings. The average Bonchev–Trinajstić information content (AvgIpc) is 1.65. The summed E-state index contributed by atoms with van der Waals surface area (Å²) < 4.78 is 0. The van der Waals surface area contributed by atoms with Gasteiger partial charge in [0.15, 0.2) is 0 Å². The lowest BCUT2D eigenvalue weighted by molar-refractivity contribution is 1.44. The Morgan fingerprint density at radius 1 is 2.00 bits per heavy atom. The summed E-state index contributed by atoms with van der Waals surface area (Å²) in [5.41, 5.74) is 2.63. The summed E-state index contributed by atoms with van der Waals surface area (Å²) in [5, 5.41) is 0. The van der Waals surface area contributed by atoms with Crippen LogP contribution in [0.4, 0.5) is 0 Å². The van der Waals surface area contributed by atoms with E-state index in [1.165, 1.54) is 5.54 Å². The van der Waals surface area contributed by atoms with Crippen LogP contribution < -0.4 is 0 Å². The second-order valence-electron chi connectivity index (χ2n) is 1.11. The number of thiol groups is 1. The lowest BCUT2D eigenvalue weighted by atomic mass is 10.4. The zero-order valence-electron chi connectivity index (χ0n) is 3.61. The predicted octanol–water partition coefficient (Wildman–Crippen LogP) is 2.06. The summed E-state index contributed by atoms with van der Waals surface area (Å²) in [6.45, 7) is 1.93. The van der Waals surface area contributed by atoms with Gasteiger partial charge in [-0.3, -0.25) is 0 Å². The number of hydrogen-bond donors (Lipinski definition) is 1. The molecule has 0 aliphatic heterocycles. The third kappa shape index (κ3) is 2.61. The lowest BCUT2D eigenvalue weighted by Gasteiger charge is -1.82. The summed E-state index contributed by atoms with van der Waals surface area (Å²) >= 11 is 9.18. The van der Waals surface area contributed by atoms with E-state index < -0.39 is 0 Å². The lowest BCUT2D eigenvalue weighted by Crippen LogP contribution is -1.69. The van der Waals surface area contributed by atoms with Gasteiger partial charge in [0, 0.05) is 11.3 Å². The van der Waals surface area contributed by atoms with Crippen molar-refractivity contribution in [3.63, 3.8) is 0 Å². The molecular formula is C4H7ClS. The molecule has 0 spiro atoms. The Hall–Kier alpha value is 0.380. The second kappa shape index (κ2) is 3.57. The van der Waals surface area contributed by atoms with Crippen molar-refractivity contribution in [2.45, 2.75) is 6.92 Å². The highest BCUT2D eigenvalue weighted by Crippen LogP contribution is 1.95. The van der Waals surface area contributed by atoms with E-state index in [0.717, 1.165) is 11.3 Å². The Labute approximate surface area is 48.6 Å². The first-order valence-corrected chi connectivity index (χ1v) is 2.75. The van der Waals surface area contributed by atoms with Crippen LogP contribution >= 0.6 is 24.2 Å². The molecular weight excluding hydrogens is 116 g/mol. The van der Waals surface area contributed by atoms with Crippen LogP contribution in [0.15, 0.2) is 11.1 Å². The van der Waals surface area contributed by atoms with Crippen molar-refractivity contribution < 1.29 is 0 Å². The van der Waals surface area contributed by atoms with E-state index in [1.54, 1.807) is 0 Å². The molecule has 0 saturated carbocycles. The fraction of sp³-hybridized carbons (Fsp3) is 0.500. The first kappa shape index (κ1) is 6.38. The standard InChI is InChI=1S/C4H7ClS/c1-4(2-5)3-6/h2,6H,3H2,1H3/b4-2+. The highest BCUT2D eigenvalue weighted by Gasteiger charge is 1.75. The summed E-state index contributed by atoms with van der Waals surface area (Å²) in [7, 11) is 0. The van der Waals surface area contributed by atoms with Crippen molar-refractivity contribution in [1.82, 2.24) is 0 Å². The minimum absolute atomic E-state index is 0.753. The molecule has 0 aliphatic carbocycles. The first-order valence-electron chi connectivity index (χ1n) is 1.68. The van der Waals surface area contributed by atoms with Crippen LogP contribution in [0.1, 0.15) is 6.92 Å². The van der Waals surface area contributed by atoms with Crippen molar-refractivity contribution in [1.29, 1.82) is 0 Å². The highest BCUT2D eigenvalue weighted by atomic mass is 35.5. The van der Waals surface area contributed by atoms with Crippen molar-refractivity contribution in [3.8, 4) is 0 Å². The fourth-order valence-electron chi connectivity index (χ4n) is 0.0345. The largest absolute Gasteiger partial charge is 0.175 e. The summed E-state index contributed by atoms with van der Waals surface area (Å²) in [5.74, 6) is 0.753. The van der Waals surface area contributed by atoms with Gasteiger partial charge in [-0.2, -0.15) is 12.6 Å². The normalized spacial score (nSPS) is 12.2. The second-order valence-corrected chi connectivity index (χ2v) is 1.65. The molecule has 36 valence electrons. The van der Waals surface area contributed by atoms with E-state index in [1.807, 2.05) is 6.92 Å². The van der Waals surface area contributed by atoms with Gasteiger partial charge < -0.3 is 0 Å². The van der Waals surface area contributed by atoms with E-state index in [9.17, 15) is 0 Å². The van der Waals surface area contributed by atoms with Gasteiger partial charge in [0.05, 0.1) is 0 Å². The molecule has 6 heavy (non-hydrogen) atoms. The van der Waals surface area contributed by atoms with Gasteiger partial charge in [0.1, 0.15) is 0 Å². The fourth-order valence-corrected chi connectivity index (χ4v) is 0.311. The van der Waals surface area contributed by atoms with Crippen LogP contribution in [0.3, 0.4) is 0 Å². The molecule has 0 amide bonds. The molecule has 2 heteroatoms. The van der Waals surface area contributed by atoms with Crippen molar-refractivity contribution in [3.05, 3.63) is 11.1 Å². The predicted molar refractivity (Wildman–Crippen MR) is 33.5 cm³/mol. The van der Waals surface area contributed by atoms with Crippen molar-refractivity contribution >= 4 is 24.2 Å². The van der Waals surface area contributed by atoms with Crippen LogP contribution in [0, 0.1) is 0 Å². The third-order valence-corrected chi connectivity index (χ3v) is 1.31. The average molecular weight is 123 g/mol. The zero-order chi connectivity index (χ0) is 4.99. The minimum Gasteiger partial charge on any atom is -0.175 e. The Kier molecular flexibility index (Phi) is 3.79. The molecule has 0 aliphatic rings. The van der Waals surface area contributed by atoms with E-state index >= 15 is 0 Å². The topological polar surface area (TPSA) is 0 Å². The Morgan fingerprint density at radius 2 is 2.50 bits per heavy atom. The van der Waals surface area contributed by atoms with Crippen LogP contribution in [0.2, 0.25) is 0 Å². The van der Waals surface area contributed by atoms with Gasteiger partial charge in [-0.05, 0) is 6.92 Å². The first-order chi connectivity index (χ1) is 2.81. The maximum Gasteiger partial charge on any atom is 0.0121 e. The number of hydrogen-bond acceptors (Lipinski definition) is 1. The zero-order valence-corrected chi connectivity index (χ0v) is 5.26. The maximum absolute atomic E-state index is 5.24. The molecule has 0 atom stereocenters. The molecule has 0 nitrogen and oxygen atoms in total. The molecule has 0 N–H and O–H groups in total.